The fourth-order valence-corrected chi connectivity index (χ4v) is 4.74. The zero-order valence-corrected chi connectivity index (χ0v) is 21.8. The molecule has 0 fully saturated rings. The van der Waals surface area contributed by atoms with E-state index in [1.807, 2.05) is 63.2 Å². The number of amides is 1. The van der Waals surface area contributed by atoms with Crippen molar-refractivity contribution < 1.29 is 9.59 Å². The number of pyridine rings is 1. The number of aromatic nitrogens is 4. The highest BCUT2D eigenvalue weighted by atomic mass is 16.1. The molecule has 3 heterocycles. The Kier molecular flexibility index (Phi) is 5.98. The van der Waals surface area contributed by atoms with Gasteiger partial charge in [0.15, 0.2) is 5.78 Å². The maximum atomic E-state index is 13.3. The molecule has 0 radical (unpaired) electrons. The van der Waals surface area contributed by atoms with Crippen LogP contribution in [0.15, 0.2) is 61.1 Å². The molecular formula is C29H32N6O2. The molecule has 1 aliphatic rings. The van der Waals surface area contributed by atoms with Gasteiger partial charge in [-0.15, -0.1) is 0 Å². The average Bonchev–Trinajstić information content (AvgIpc) is 3.45. The number of nitrogens with zero attached hydrogens (tertiary/aromatic N) is 3. The minimum Gasteiger partial charge on any atom is -0.356 e. The van der Waals surface area contributed by atoms with Crippen molar-refractivity contribution in [3.05, 3.63) is 77.9 Å². The number of benzene rings is 1. The largest absolute Gasteiger partial charge is 0.356 e. The van der Waals surface area contributed by atoms with Crippen molar-refractivity contribution in [3.8, 4) is 11.3 Å². The number of nitrogens with one attached hydrogen (secondary N) is 3. The summed E-state index contributed by atoms with van der Waals surface area (Å²) >= 11 is 0. The molecule has 0 unspecified atom stereocenters. The third kappa shape index (κ3) is 4.91. The van der Waals surface area contributed by atoms with E-state index in [-0.39, 0.29) is 22.6 Å². The van der Waals surface area contributed by atoms with Crippen molar-refractivity contribution >= 4 is 28.9 Å². The molecule has 0 atom stereocenters. The van der Waals surface area contributed by atoms with Gasteiger partial charge in [-0.05, 0) is 56.9 Å². The summed E-state index contributed by atoms with van der Waals surface area (Å²) in [6.45, 7) is 10.3. The number of hydrogen-bond donors (Lipinski definition) is 3. The first-order valence-corrected chi connectivity index (χ1v) is 12.4. The van der Waals surface area contributed by atoms with Gasteiger partial charge in [0, 0.05) is 35.8 Å². The van der Waals surface area contributed by atoms with Crippen LogP contribution >= 0.6 is 0 Å². The normalized spacial score (nSPS) is 14.8. The van der Waals surface area contributed by atoms with Gasteiger partial charge in [-0.1, -0.05) is 32.0 Å². The molecule has 3 aromatic heterocycles. The minimum atomic E-state index is -0.304. The Hall–Kier alpha value is -4.20. The quantitative estimate of drug-likeness (QED) is 0.306. The molecule has 37 heavy (non-hydrogen) atoms. The van der Waals surface area contributed by atoms with Crippen molar-refractivity contribution in [2.45, 2.75) is 53.0 Å². The Bertz CT molecular complexity index is 1470. The minimum absolute atomic E-state index is 0.0938. The van der Waals surface area contributed by atoms with Gasteiger partial charge in [0.05, 0.1) is 34.2 Å². The second-order valence-electron chi connectivity index (χ2n) is 11.4. The Balaban J connectivity index is 1.57. The van der Waals surface area contributed by atoms with Crippen LogP contribution < -0.4 is 10.6 Å². The molecule has 0 aliphatic heterocycles. The highest BCUT2D eigenvalue weighted by molar-refractivity contribution is 6.10. The summed E-state index contributed by atoms with van der Waals surface area (Å²) in [7, 11) is 0. The first-order chi connectivity index (χ1) is 17.5. The molecule has 1 amide bonds. The van der Waals surface area contributed by atoms with Crippen LogP contribution in [0.1, 0.15) is 67.4 Å². The lowest BCUT2D eigenvalue weighted by molar-refractivity contribution is 0.0912. The lowest BCUT2D eigenvalue weighted by Crippen LogP contribution is -2.26. The molecular weight excluding hydrogens is 464 g/mol. The summed E-state index contributed by atoms with van der Waals surface area (Å²) in [5.74, 6) is 0.190. The maximum absolute atomic E-state index is 13.3. The number of H-pyrrole nitrogens is 1. The van der Waals surface area contributed by atoms with Crippen molar-refractivity contribution in [3.63, 3.8) is 0 Å². The van der Waals surface area contributed by atoms with Gasteiger partial charge in [0.25, 0.3) is 5.91 Å². The monoisotopic (exact) mass is 496 g/mol. The van der Waals surface area contributed by atoms with Gasteiger partial charge in [-0.3, -0.25) is 14.3 Å². The Morgan fingerprint density at radius 2 is 1.84 bits per heavy atom. The molecule has 0 bridgehead atoms. The van der Waals surface area contributed by atoms with Crippen LogP contribution in [0.5, 0.6) is 0 Å². The molecule has 0 spiro atoms. The van der Waals surface area contributed by atoms with Crippen molar-refractivity contribution in [1.82, 2.24) is 19.7 Å². The fourth-order valence-electron chi connectivity index (χ4n) is 4.74. The first-order valence-electron chi connectivity index (χ1n) is 12.4. The molecule has 3 N–H and O–H groups in total. The standard InChI is InChI=1S/C29H32N6O2/c1-28(2,3)35-17-18(16-31-35)27(37)34-26-20(12-9-13-30-26)24-25(32-19-10-7-6-8-11-19)23-21(33-24)14-29(4,5)15-22(23)36/h6-13,16-17,32-33H,14-15H2,1-5H3,(H,30,34,37). The number of para-hydroxylation sites is 1. The highest BCUT2D eigenvalue weighted by Gasteiger charge is 2.36. The molecule has 4 aromatic rings. The van der Waals surface area contributed by atoms with Crippen LogP contribution in [-0.2, 0) is 12.0 Å². The fraction of sp³-hybridized carbons (Fsp3) is 0.310. The Labute approximate surface area is 216 Å². The molecule has 5 rings (SSSR count). The number of carbonyl (C=O) groups is 2. The van der Waals surface area contributed by atoms with Crippen LogP contribution in [0.2, 0.25) is 0 Å². The zero-order valence-electron chi connectivity index (χ0n) is 21.8. The van der Waals surface area contributed by atoms with E-state index < -0.39 is 0 Å². The van der Waals surface area contributed by atoms with Crippen molar-refractivity contribution in [2.75, 3.05) is 10.6 Å². The average molecular weight is 497 g/mol. The van der Waals surface area contributed by atoms with Gasteiger partial charge in [-0.25, -0.2) is 4.98 Å². The summed E-state index contributed by atoms with van der Waals surface area (Å²) in [5.41, 5.74) is 4.60. The number of fused-ring (bicyclic) bond motifs is 1. The molecule has 0 saturated heterocycles. The van der Waals surface area contributed by atoms with Crippen LogP contribution in [0.4, 0.5) is 17.2 Å². The maximum Gasteiger partial charge on any atom is 0.260 e. The van der Waals surface area contributed by atoms with Crippen LogP contribution in [-0.4, -0.2) is 31.4 Å². The molecule has 0 saturated carbocycles. The Morgan fingerprint density at radius 1 is 1.08 bits per heavy atom. The third-order valence-electron chi connectivity index (χ3n) is 6.54. The SMILES string of the molecule is CC1(C)CC(=O)c2c([nH]c(-c3cccnc3NC(=O)c3cnn(C(C)(C)C)c3)c2Nc2ccccc2)C1. The van der Waals surface area contributed by atoms with E-state index >= 15 is 0 Å². The molecule has 190 valence electrons. The number of anilines is 3. The van der Waals surface area contributed by atoms with Gasteiger partial charge in [0.1, 0.15) is 5.82 Å². The highest BCUT2D eigenvalue weighted by Crippen LogP contribution is 2.44. The van der Waals surface area contributed by atoms with Gasteiger partial charge < -0.3 is 15.6 Å². The molecule has 8 heteroatoms. The summed E-state index contributed by atoms with van der Waals surface area (Å²) in [5, 5.41) is 10.8. The lowest BCUT2D eigenvalue weighted by atomic mass is 9.76. The summed E-state index contributed by atoms with van der Waals surface area (Å²) in [6.07, 6.45) is 6.13. The molecule has 1 aliphatic carbocycles. The van der Waals surface area contributed by atoms with Gasteiger partial charge in [0.2, 0.25) is 0 Å². The predicted octanol–water partition coefficient (Wildman–Crippen LogP) is 6.18. The van der Waals surface area contributed by atoms with E-state index in [1.54, 1.807) is 23.3 Å². The first kappa shape index (κ1) is 24.5. The number of aromatic amines is 1. The molecule has 8 nitrogen and oxygen atoms in total. The van der Waals surface area contributed by atoms with E-state index in [9.17, 15) is 9.59 Å². The third-order valence-corrected chi connectivity index (χ3v) is 6.54. The molecule has 1 aromatic carbocycles. The van der Waals surface area contributed by atoms with Gasteiger partial charge in [-0.2, -0.15) is 5.10 Å². The smallest absolute Gasteiger partial charge is 0.260 e. The van der Waals surface area contributed by atoms with Crippen molar-refractivity contribution in [2.24, 2.45) is 5.41 Å². The van der Waals surface area contributed by atoms with E-state index in [0.717, 1.165) is 17.8 Å². The van der Waals surface area contributed by atoms with Crippen molar-refractivity contribution in [1.29, 1.82) is 0 Å². The number of rotatable bonds is 5. The van der Waals surface area contributed by atoms with E-state index in [0.29, 0.717) is 40.3 Å². The number of carbonyl (C=O) groups excluding carboxylic acids is 2. The lowest BCUT2D eigenvalue weighted by Gasteiger charge is -2.28. The Morgan fingerprint density at radius 3 is 2.54 bits per heavy atom. The van der Waals surface area contributed by atoms with Crippen LogP contribution in [0.3, 0.4) is 0 Å². The zero-order chi connectivity index (χ0) is 26.4. The van der Waals surface area contributed by atoms with E-state index in [4.69, 9.17) is 0 Å². The second kappa shape index (κ2) is 9.03. The van der Waals surface area contributed by atoms with E-state index in [2.05, 4.69) is 39.5 Å². The summed E-state index contributed by atoms with van der Waals surface area (Å²) in [6, 6.07) is 13.5. The summed E-state index contributed by atoms with van der Waals surface area (Å²) < 4.78 is 1.76. The number of Topliss-reactive ketones (excluding diaryl/α,β-unsaturated/α-hetero) is 1. The van der Waals surface area contributed by atoms with Gasteiger partial charge >= 0.3 is 0 Å². The van der Waals surface area contributed by atoms with E-state index in [1.165, 1.54) is 0 Å². The summed E-state index contributed by atoms with van der Waals surface area (Å²) in [4.78, 5) is 34.5. The number of hydrogen-bond acceptors (Lipinski definition) is 5. The van der Waals surface area contributed by atoms with Crippen LogP contribution in [0.25, 0.3) is 11.3 Å². The topological polar surface area (TPSA) is 105 Å². The van der Waals surface area contributed by atoms with Crippen LogP contribution in [0, 0.1) is 5.41 Å². The predicted molar refractivity (Wildman–Crippen MR) is 145 cm³/mol. The second-order valence-corrected chi connectivity index (χ2v) is 11.4. The number of ketones is 1.